The molecule has 0 unspecified atom stereocenters. The monoisotopic (exact) mass is 257 g/mol. The van der Waals surface area contributed by atoms with Crippen LogP contribution in [0.15, 0.2) is 34.7 Å². The van der Waals surface area contributed by atoms with Crippen LogP contribution in [-0.4, -0.2) is 4.92 Å². The van der Waals surface area contributed by atoms with E-state index in [9.17, 15) is 10.1 Å². The van der Waals surface area contributed by atoms with Crippen molar-refractivity contribution in [3.63, 3.8) is 0 Å². The smallest absolute Gasteiger partial charge is 0.293 e. The maximum absolute atomic E-state index is 10.9. The normalized spacial score (nSPS) is 9.89. The van der Waals surface area contributed by atoms with E-state index in [0.717, 1.165) is 5.76 Å². The summed E-state index contributed by atoms with van der Waals surface area (Å²) in [6.45, 7) is 2.17. The fourth-order valence-electron chi connectivity index (χ4n) is 1.66. The van der Waals surface area contributed by atoms with Crippen LogP contribution in [0.5, 0.6) is 0 Å². The lowest BCUT2D eigenvalue weighted by Gasteiger charge is -2.05. The molecule has 0 bridgehead atoms. The van der Waals surface area contributed by atoms with Gasteiger partial charge in [0.1, 0.15) is 17.2 Å². The van der Waals surface area contributed by atoms with Gasteiger partial charge in [0.05, 0.1) is 23.1 Å². The second kappa shape index (κ2) is 5.23. The molecule has 0 spiro atoms. The molecule has 2 rings (SSSR count). The maximum Gasteiger partial charge on any atom is 0.293 e. The molecule has 96 valence electrons. The molecular weight excluding hydrogens is 246 g/mol. The van der Waals surface area contributed by atoms with E-state index >= 15 is 0 Å². The van der Waals surface area contributed by atoms with Crippen LogP contribution < -0.4 is 5.32 Å². The highest BCUT2D eigenvalue weighted by Crippen LogP contribution is 2.26. The van der Waals surface area contributed by atoms with Gasteiger partial charge < -0.3 is 9.73 Å². The van der Waals surface area contributed by atoms with Crippen LogP contribution in [0, 0.1) is 28.4 Å². The van der Waals surface area contributed by atoms with Gasteiger partial charge in [0.25, 0.3) is 5.69 Å². The van der Waals surface area contributed by atoms with Gasteiger partial charge in [-0.05, 0) is 31.2 Å². The third kappa shape index (κ3) is 2.90. The fourth-order valence-corrected chi connectivity index (χ4v) is 1.66. The summed E-state index contributed by atoms with van der Waals surface area (Å²) >= 11 is 0. The second-order valence-electron chi connectivity index (χ2n) is 3.97. The maximum atomic E-state index is 10.9. The Labute approximate surface area is 109 Å². The van der Waals surface area contributed by atoms with Gasteiger partial charge >= 0.3 is 0 Å². The Morgan fingerprint density at radius 3 is 2.79 bits per heavy atom. The average Bonchev–Trinajstić information content (AvgIpc) is 2.82. The molecule has 1 heterocycles. The van der Waals surface area contributed by atoms with Crippen molar-refractivity contribution in [3.05, 3.63) is 57.5 Å². The molecule has 0 aliphatic carbocycles. The number of furan rings is 1. The highest BCUT2D eigenvalue weighted by molar-refractivity contribution is 5.64. The van der Waals surface area contributed by atoms with Crippen molar-refractivity contribution in [1.29, 1.82) is 5.26 Å². The van der Waals surface area contributed by atoms with Crippen molar-refractivity contribution in [2.24, 2.45) is 0 Å². The van der Waals surface area contributed by atoms with E-state index < -0.39 is 4.92 Å². The molecule has 0 saturated heterocycles. The quantitative estimate of drug-likeness (QED) is 0.671. The minimum atomic E-state index is -0.517. The van der Waals surface area contributed by atoms with Gasteiger partial charge in [0.2, 0.25) is 0 Å². The molecule has 1 N–H and O–H groups in total. The topological polar surface area (TPSA) is 92.1 Å². The Hall–Kier alpha value is -2.81. The Bertz CT molecular complexity index is 655. The Morgan fingerprint density at radius 1 is 1.42 bits per heavy atom. The van der Waals surface area contributed by atoms with E-state index in [1.165, 1.54) is 18.2 Å². The summed E-state index contributed by atoms with van der Waals surface area (Å²) in [5, 5.41) is 22.6. The molecule has 1 aromatic heterocycles. The highest BCUT2D eigenvalue weighted by Gasteiger charge is 2.14. The van der Waals surface area contributed by atoms with Crippen LogP contribution >= 0.6 is 0 Å². The van der Waals surface area contributed by atoms with Gasteiger partial charge in [0, 0.05) is 6.07 Å². The summed E-state index contributed by atoms with van der Waals surface area (Å²) in [5.74, 6) is 1.47. The van der Waals surface area contributed by atoms with E-state index in [2.05, 4.69) is 5.32 Å². The lowest BCUT2D eigenvalue weighted by atomic mass is 10.2. The number of benzene rings is 1. The van der Waals surface area contributed by atoms with Gasteiger partial charge in [-0.15, -0.1) is 0 Å². The van der Waals surface area contributed by atoms with Crippen LogP contribution in [0.1, 0.15) is 17.1 Å². The Morgan fingerprint density at radius 2 is 2.21 bits per heavy atom. The summed E-state index contributed by atoms with van der Waals surface area (Å²) in [5.41, 5.74) is 0.492. The number of nitro benzene ring substituents is 1. The molecule has 6 nitrogen and oxygen atoms in total. The molecule has 0 fully saturated rings. The summed E-state index contributed by atoms with van der Waals surface area (Å²) in [4.78, 5) is 10.4. The van der Waals surface area contributed by atoms with Crippen LogP contribution in [0.3, 0.4) is 0 Å². The lowest BCUT2D eigenvalue weighted by molar-refractivity contribution is -0.384. The molecule has 0 radical (unpaired) electrons. The van der Waals surface area contributed by atoms with Crippen molar-refractivity contribution in [3.8, 4) is 6.07 Å². The molecule has 6 heteroatoms. The van der Waals surface area contributed by atoms with Crippen molar-refractivity contribution >= 4 is 11.4 Å². The van der Waals surface area contributed by atoms with Crippen LogP contribution in [0.4, 0.5) is 11.4 Å². The van der Waals surface area contributed by atoms with Crippen molar-refractivity contribution in [2.45, 2.75) is 13.5 Å². The molecule has 0 atom stereocenters. The number of rotatable bonds is 4. The summed E-state index contributed by atoms with van der Waals surface area (Å²) < 4.78 is 5.37. The van der Waals surface area contributed by atoms with Crippen molar-refractivity contribution in [2.75, 3.05) is 5.32 Å². The summed E-state index contributed by atoms with van der Waals surface area (Å²) in [7, 11) is 0. The fraction of sp³-hybridized carbons (Fsp3) is 0.154. The highest BCUT2D eigenvalue weighted by atomic mass is 16.6. The summed E-state index contributed by atoms with van der Waals surface area (Å²) in [6.07, 6.45) is 0. The third-order valence-electron chi connectivity index (χ3n) is 2.57. The number of nitrogens with zero attached hydrogens (tertiary/aromatic N) is 2. The van der Waals surface area contributed by atoms with Crippen LogP contribution in [0.2, 0.25) is 0 Å². The Balaban J connectivity index is 2.20. The van der Waals surface area contributed by atoms with Gasteiger partial charge in [-0.1, -0.05) is 0 Å². The number of hydrogen-bond donors (Lipinski definition) is 1. The molecule has 2 aromatic rings. The van der Waals surface area contributed by atoms with E-state index in [1.807, 2.05) is 19.1 Å². The molecule has 0 saturated carbocycles. The van der Waals surface area contributed by atoms with Crippen LogP contribution in [0.25, 0.3) is 0 Å². The first-order valence-corrected chi connectivity index (χ1v) is 5.58. The first-order chi connectivity index (χ1) is 9.10. The van der Waals surface area contributed by atoms with E-state index in [-0.39, 0.29) is 11.3 Å². The van der Waals surface area contributed by atoms with E-state index in [0.29, 0.717) is 18.0 Å². The molecule has 0 aliphatic heterocycles. The van der Waals surface area contributed by atoms with Gasteiger partial charge in [-0.25, -0.2) is 0 Å². The number of nitriles is 1. The zero-order valence-electron chi connectivity index (χ0n) is 10.2. The minimum absolute atomic E-state index is 0.123. The lowest BCUT2D eigenvalue weighted by Crippen LogP contribution is -2.02. The molecule has 19 heavy (non-hydrogen) atoms. The van der Waals surface area contributed by atoms with Crippen molar-refractivity contribution in [1.82, 2.24) is 0 Å². The number of hydrogen-bond acceptors (Lipinski definition) is 5. The zero-order chi connectivity index (χ0) is 13.8. The molecular formula is C13H11N3O3. The predicted molar refractivity (Wildman–Crippen MR) is 68.6 cm³/mol. The third-order valence-corrected chi connectivity index (χ3v) is 2.57. The first kappa shape index (κ1) is 12.6. The number of nitrogens with one attached hydrogen (secondary N) is 1. The minimum Gasteiger partial charge on any atom is -0.465 e. The second-order valence-corrected chi connectivity index (χ2v) is 3.97. The van der Waals surface area contributed by atoms with Gasteiger partial charge in [0.15, 0.2) is 0 Å². The van der Waals surface area contributed by atoms with Gasteiger partial charge in [-0.3, -0.25) is 10.1 Å². The number of nitro groups is 1. The number of anilines is 1. The molecule has 0 amide bonds. The van der Waals surface area contributed by atoms with E-state index in [1.54, 1.807) is 6.07 Å². The largest absolute Gasteiger partial charge is 0.465 e. The van der Waals surface area contributed by atoms with Gasteiger partial charge in [-0.2, -0.15) is 5.26 Å². The molecule has 1 aromatic carbocycles. The van der Waals surface area contributed by atoms with E-state index in [4.69, 9.17) is 9.68 Å². The predicted octanol–water partition coefficient (Wildman–Crippen LogP) is 2.98. The Kier molecular flexibility index (Phi) is 3.48. The molecule has 0 aliphatic rings. The number of aryl methyl sites for hydroxylation is 1. The average molecular weight is 257 g/mol. The zero-order valence-corrected chi connectivity index (χ0v) is 10.2. The van der Waals surface area contributed by atoms with Crippen molar-refractivity contribution < 1.29 is 9.34 Å². The standard InChI is InChI=1S/C13H11N3O3/c1-9-2-4-11(19-9)8-15-12-5-3-10(7-14)6-13(12)16(17)18/h2-6,15H,8H2,1H3. The SMILES string of the molecule is Cc1ccc(CNc2ccc(C#N)cc2[N+](=O)[O-])o1. The van der Waals surface area contributed by atoms with Crippen LogP contribution in [-0.2, 0) is 6.54 Å². The first-order valence-electron chi connectivity index (χ1n) is 5.58. The summed E-state index contributed by atoms with van der Waals surface area (Å²) in [6, 6.07) is 9.80.